The Bertz CT molecular complexity index is 744. The van der Waals surface area contributed by atoms with Crippen molar-refractivity contribution in [3.63, 3.8) is 0 Å². The number of H-pyrrole nitrogens is 1. The van der Waals surface area contributed by atoms with Gasteiger partial charge in [-0.25, -0.2) is 4.98 Å². The van der Waals surface area contributed by atoms with Crippen LogP contribution in [0.3, 0.4) is 0 Å². The Hall–Kier alpha value is -2.69. The molecule has 0 saturated carbocycles. The first-order chi connectivity index (χ1) is 10.7. The molecule has 5 heteroatoms. The quantitative estimate of drug-likeness (QED) is 0.711. The smallest absolute Gasteiger partial charge is 0.252 e. The van der Waals surface area contributed by atoms with Crippen molar-refractivity contribution < 1.29 is 4.79 Å². The van der Waals surface area contributed by atoms with Crippen LogP contribution in [0.25, 0.3) is 11.0 Å². The molecule has 0 aliphatic carbocycles. The molecule has 112 valence electrons. The zero-order chi connectivity index (χ0) is 15.4. The zero-order valence-corrected chi connectivity index (χ0v) is 12.5. The SMILES string of the molecule is Cc1ccc(C(=O)NCCCc2nc3ccccc3[nH]2)cn1. The number of carbonyl (C=O) groups is 1. The lowest BCUT2D eigenvalue weighted by Crippen LogP contribution is -2.25. The largest absolute Gasteiger partial charge is 0.352 e. The molecule has 3 aromatic rings. The van der Waals surface area contributed by atoms with Gasteiger partial charge in [0.05, 0.1) is 16.6 Å². The van der Waals surface area contributed by atoms with Crippen molar-refractivity contribution in [2.45, 2.75) is 19.8 Å². The van der Waals surface area contributed by atoms with Gasteiger partial charge < -0.3 is 10.3 Å². The highest BCUT2D eigenvalue weighted by atomic mass is 16.1. The summed E-state index contributed by atoms with van der Waals surface area (Å²) in [5.74, 6) is 0.865. The van der Waals surface area contributed by atoms with E-state index in [1.165, 1.54) is 0 Å². The summed E-state index contributed by atoms with van der Waals surface area (Å²) in [4.78, 5) is 23.9. The van der Waals surface area contributed by atoms with Gasteiger partial charge in [0.1, 0.15) is 5.82 Å². The zero-order valence-electron chi connectivity index (χ0n) is 12.5. The molecule has 2 heterocycles. The van der Waals surface area contributed by atoms with Gasteiger partial charge in [0.2, 0.25) is 0 Å². The summed E-state index contributed by atoms with van der Waals surface area (Å²) in [5, 5.41) is 2.90. The molecule has 0 aliphatic heterocycles. The van der Waals surface area contributed by atoms with Crippen LogP contribution in [0.1, 0.15) is 28.3 Å². The molecule has 0 saturated heterocycles. The number of imidazole rings is 1. The number of aromatic amines is 1. The Morgan fingerprint density at radius 2 is 2.09 bits per heavy atom. The van der Waals surface area contributed by atoms with E-state index in [1.54, 1.807) is 12.3 Å². The van der Waals surface area contributed by atoms with Crippen LogP contribution in [0.15, 0.2) is 42.6 Å². The Balaban J connectivity index is 1.49. The van der Waals surface area contributed by atoms with Crippen LogP contribution < -0.4 is 5.32 Å². The van der Waals surface area contributed by atoms with Crippen molar-refractivity contribution in [2.75, 3.05) is 6.54 Å². The van der Waals surface area contributed by atoms with E-state index in [0.717, 1.165) is 35.4 Å². The van der Waals surface area contributed by atoms with E-state index >= 15 is 0 Å². The summed E-state index contributed by atoms with van der Waals surface area (Å²) in [6, 6.07) is 11.6. The predicted molar refractivity (Wildman–Crippen MR) is 85.7 cm³/mol. The fourth-order valence-corrected chi connectivity index (χ4v) is 2.29. The second-order valence-electron chi connectivity index (χ2n) is 5.25. The number of hydrogen-bond acceptors (Lipinski definition) is 3. The fraction of sp³-hybridized carbons (Fsp3) is 0.235. The van der Waals surface area contributed by atoms with Gasteiger partial charge in [-0.05, 0) is 37.6 Å². The second kappa shape index (κ2) is 6.39. The van der Waals surface area contributed by atoms with Crippen molar-refractivity contribution >= 4 is 16.9 Å². The molecule has 2 aromatic heterocycles. The van der Waals surface area contributed by atoms with Crippen LogP contribution in [0, 0.1) is 6.92 Å². The lowest BCUT2D eigenvalue weighted by molar-refractivity contribution is 0.0953. The average Bonchev–Trinajstić information content (AvgIpc) is 2.95. The molecular weight excluding hydrogens is 276 g/mol. The number of aromatic nitrogens is 3. The van der Waals surface area contributed by atoms with Crippen LogP contribution in [-0.4, -0.2) is 27.4 Å². The maximum Gasteiger partial charge on any atom is 0.252 e. The van der Waals surface area contributed by atoms with Crippen molar-refractivity contribution in [3.05, 3.63) is 59.7 Å². The Kier molecular flexibility index (Phi) is 4.14. The second-order valence-corrected chi connectivity index (χ2v) is 5.25. The lowest BCUT2D eigenvalue weighted by atomic mass is 10.2. The number of pyridine rings is 1. The maximum absolute atomic E-state index is 11.9. The molecule has 0 fully saturated rings. The Morgan fingerprint density at radius 1 is 1.23 bits per heavy atom. The number of para-hydroxylation sites is 2. The molecule has 1 aromatic carbocycles. The number of nitrogens with one attached hydrogen (secondary N) is 2. The van der Waals surface area contributed by atoms with E-state index in [-0.39, 0.29) is 5.91 Å². The summed E-state index contributed by atoms with van der Waals surface area (Å²) in [5.41, 5.74) is 3.52. The molecular formula is C17H18N4O. The first kappa shape index (κ1) is 14.3. The standard InChI is InChI=1S/C17H18N4O/c1-12-8-9-13(11-19-12)17(22)18-10-4-7-16-20-14-5-2-3-6-15(14)21-16/h2-3,5-6,8-9,11H,4,7,10H2,1H3,(H,18,22)(H,20,21). The van der Waals surface area contributed by atoms with E-state index in [1.807, 2.05) is 37.3 Å². The molecule has 1 amide bonds. The van der Waals surface area contributed by atoms with Crippen LogP contribution in [0.4, 0.5) is 0 Å². The monoisotopic (exact) mass is 294 g/mol. The number of aryl methyl sites for hydroxylation is 2. The van der Waals surface area contributed by atoms with Crippen molar-refractivity contribution in [2.24, 2.45) is 0 Å². The highest BCUT2D eigenvalue weighted by Gasteiger charge is 2.05. The fourth-order valence-electron chi connectivity index (χ4n) is 2.29. The van der Waals surface area contributed by atoms with Gasteiger partial charge in [0.25, 0.3) is 5.91 Å². The van der Waals surface area contributed by atoms with E-state index in [0.29, 0.717) is 12.1 Å². The molecule has 22 heavy (non-hydrogen) atoms. The molecule has 0 spiro atoms. The minimum absolute atomic E-state index is 0.0860. The number of hydrogen-bond donors (Lipinski definition) is 2. The van der Waals surface area contributed by atoms with Gasteiger partial charge in [-0.2, -0.15) is 0 Å². The van der Waals surface area contributed by atoms with Gasteiger partial charge in [-0.15, -0.1) is 0 Å². The highest BCUT2D eigenvalue weighted by molar-refractivity contribution is 5.93. The summed E-state index contributed by atoms with van der Waals surface area (Å²) in [6.07, 6.45) is 3.25. The minimum atomic E-state index is -0.0860. The maximum atomic E-state index is 11.9. The molecule has 2 N–H and O–H groups in total. The Morgan fingerprint density at radius 3 is 2.86 bits per heavy atom. The van der Waals surface area contributed by atoms with Gasteiger partial charge in [0, 0.05) is 24.9 Å². The van der Waals surface area contributed by atoms with Crippen molar-refractivity contribution in [1.82, 2.24) is 20.3 Å². The Labute approximate surface area is 128 Å². The molecule has 0 unspecified atom stereocenters. The van der Waals surface area contributed by atoms with Crippen molar-refractivity contribution in [3.8, 4) is 0 Å². The topological polar surface area (TPSA) is 70.7 Å². The van der Waals surface area contributed by atoms with Gasteiger partial charge in [-0.1, -0.05) is 12.1 Å². The van der Waals surface area contributed by atoms with E-state index in [9.17, 15) is 4.79 Å². The summed E-state index contributed by atoms with van der Waals surface area (Å²) >= 11 is 0. The molecule has 3 rings (SSSR count). The number of rotatable bonds is 5. The molecule has 0 radical (unpaired) electrons. The van der Waals surface area contributed by atoms with Crippen LogP contribution in [-0.2, 0) is 6.42 Å². The molecule has 0 bridgehead atoms. The van der Waals surface area contributed by atoms with Crippen LogP contribution in [0.2, 0.25) is 0 Å². The first-order valence-corrected chi connectivity index (χ1v) is 7.37. The summed E-state index contributed by atoms with van der Waals surface area (Å²) in [6.45, 7) is 2.51. The summed E-state index contributed by atoms with van der Waals surface area (Å²) < 4.78 is 0. The van der Waals surface area contributed by atoms with Crippen LogP contribution >= 0.6 is 0 Å². The number of amides is 1. The highest BCUT2D eigenvalue weighted by Crippen LogP contribution is 2.11. The number of carbonyl (C=O) groups excluding carboxylic acids is 1. The summed E-state index contributed by atoms with van der Waals surface area (Å²) in [7, 11) is 0. The normalized spacial score (nSPS) is 10.8. The third-order valence-electron chi connectivity index (χ3n) is 3.49. The first-order valence-electron chi connectivity index (χ1n) is 7.37. The minimum Gasteiger partial charge on any atom is -0.352 e. The van der Waals surface area contributed by atoms with Crippen LogP contribution in [0.5, 0.6) is 0 Å². The lowest BCUT2D eigenvalue weighted by Gasteiger charge is -2.04. The van der Waals surface area contributed by atoms with Crippen molar-refractivity contribution in [1.29, 1.82) is 0 Å². The third-order valence-corrected chi connectivity index (χ3v) is 3.49. The van der Waals surface area contributed by atoms with Gasteiger partial charge >= 0.3 is 0 Å². The average molecular weight is 294 g/mol. The number of nitrogens with zero attached hydrogens (tertiary/aromatic N) is 2. The van der Waals surface area contributed by atoms with Gasteiger partial charge in [-0.3, -0.25) is 9.78 Å². The number of benzene rings is 1. The molecule has 0 atom stereocenters. The third kappa shape index (κ3) is 3.31. The van der Waals surface area contributed by atoms with E-state index in [2.05, 4.69) is 20.3 Å². The molecule has 0 aliphatic rings. The predicted octanol–water partition coefficient (Wildman–Crippen LogP) is 2.63. The number of fused-ring (bicyclic) bond motifs is 1. The van der Waals surface area contributed by atoms with Gasteiger partial charge in [0.15, 0.2) is 0 Å². The van der Waals surface area contributed by atoms with E-state index in [4.69, 9.17) is 0 Å². The molecule has 5 nitrogen and oxygen atoms in total. The van der Waals surface area contributed by atoms with E-state index < -0.39 is 0 Å².